The van der Waals surface area contributed by atoms with Crippen LogP contribution in [-0.2, 0) is 19.5 Å². The fourth-order valence-corrected chi connectivity index (χ4v) is 2.65. The van der Waals surface area contributed by atoms with Crippen molar-refractivity contribution in [1.29, 1.82) is 0 Å². The Hall–Kier alpha value is -1.93. The Balaban J connectivity index is 1.70. The largest absolute Gasteiger partial charge is 0.298 e. The second kappa shape index (κ2) is 5.37. The van der Waals surface area contributed by atoms with E-state index in [-0.39, 0.29) is 0 Å². The molecule has 2 nitrogen and oxygen atoms in total. The Labute approximate surface area is 113 Å². The SMILES string of the molecule is O=Cc1ccc(CN2CCc3ccccc3C2)cc1. The Morgan fingerprint density at radius 3 is 2.47 bits per heavy atom. The van der Waals surface area contributed by atoms with Crippen molar-refractivity contribution in [1.82, 2.24) is 4.90 Å². The molecule has 2 heteroatoms. The average Bonchev–Trinajstić information content (AvgIpc) is 2.48. The fraction of sp³-hybridized carbons (Fsp3) is 0.235. The summed E-state index contributed by atoms with van der Waals surface area (Å²) in [5.74, 6) is 0. The number of carbonyl (C=O) groups is 1. The summed E-state index contributed by atoms with van der Waals surface area (Å²) in [6.45, 7) is 3.07. The van der Waals surface area contributed by atoms with Gasteiger partial charge in [-0.3, -0.25) is 9.69 Å². The quantitative estimate of drug-likeness (QED) is 0.781. The van der Waals surface area contributed by atoms with Gasteiger partial charge in [0.25, 0.3) is 0 Å². The van der Waals surface area contributed by atoms with Gasteiger partial charge < -0.3 is 0 Å². The summed E-state index contributed by atoms with van der Waals surface area (Å²) in [7, 11) is 0. The number of benzene rings is 2. The van der Waals surface area contributed by atoms with Gasteiger partial charge in [-0.05, 0) is 23.1 Å². The number of hydrogen-bond donors (Lipinski definition) is 0. The molecule has 2 aromatic carbocycles. The molecule has 1 aliphatic heterocycles. The molecular weight excluding hydrogens is 234 g/mol. The van der Waals surface area contributed by atoms with Gasteiger partial charge in [-0.25, -0.2) is 0 Å². The third-order valence-electron chi connectivity index (χ3n) is 3.73. The van der Waals surface area contributed by atoms with Crippen LogP contribution in [0.15, 0.2) is 48.5 Å². The molecule has 1 aliphatic rings. The maximum absolute atomic E-state index is 10.6. The first-order valence-electron chi connectivity index (χ1n) is 6.68. The van der Waals surface area contributed by atoms with Crippen molar-refractivity contribution in [3.05, 3.63) is 70.8 Å². The predicted octanol–water partition coefficient (Wildman–Crippen LogP) is 3.06. The molecule has 0 bridgehead atoms. The highest BCUT2D eigenvalue weighted by atomic mass is 16.1. The zero-order valence-corrected chi connectivity index (χ0v) is 10.9. The maximum Gasteiger partial charge on any atom is 0.150 e. The van der Waals surface area contributed by atoms with Crippen molar-refractivity contribution in [2.75, 3.05) is 6.54 Å². The number of hydrogen-bond acceptors (Lipinski definition) is 2. The average molecular weight is 251 g/mol. The molecule has 0 unspecified atom stereocenters. The Morgan fingerprint density at radius 2 is 1.74 bits per heavy atom. The molecule has 1 heterocycles. The third-order valence-corrected chi connectivity index (χ3v) is 3.73. The van der Waals surface area contributed by atoms with Crippen LogP contribution in [0.5, 0.6) is 0 Å². The summed E-state index contributed by atoms with van der Waals surface area (Å²) in [4.78, 5) is 13.1. The minimum absolute atomic E-state index is 0.743. The van der Waals surface area contributed by atoms with Gasteiger partial charge in [0.1, 0.15) is 6.29 Å². The van der Waals surface area contributed by atoms with Gasteiger partial charge in [0.15, 0.2) is 0 Å². The molecule has 0 N–H and O–H groups in total. The summed E-state index contributed by atoms with van der Waals surface area (Å²) < 4.78 is 0. The topological polar surface area (TPSA) is 20.3 Å². The number of nitrogens with zero attached hydrogens (tertiary/aromatic N) is 1. The van der Waals surface area contributed by atoms with Crippen LogP contribution in [0.25, 0.3) is 0 Å². The van der Waals surface area contributed by atoms with Crippen molar-refractivity contribution >= 4 is 6.29 Å². The van der Waals surface area contributed by atoms with Crippen LogP contribution in [0.2, 0.25) is 0 Å². The van der Waals surface area contributed by atoms with Crippen molar-refractivity contribution in [2.24, 2.45) is 0 Å². The Kier molecular flexibility index (Phi) is 3.43. The minimum atomic E-state index is 0.743. The van der Waals surface area contributed by atoms with E-state index in [1.165, 1.54) is 16.7 Å². The van der Waals surface area contributed by atoms with E-state index in [0.29, 0.717) is 0 Å². The van der Waals surface area contributed by atoms with E-state index in [9.17, 15) is 4.79 Å². The fourth-order valence-electron chi connectivity index (χ4n) is 2.65. The summed E-state index contributed by atoms with van der Waals surface area (Å²) in [6.07, 6.45) is 2.02. The van der Waals surface area contributed by atoms with Crippen LogP contribution in [0.1, 0.15) is 27.0 Å². The first-order valence-corrected chi connectivity index (χ1v) is 6.68. The molecule has 0 aliphatic carbocycles. The van der Waals surface area contributed by atoms with Crippen molar-refractivity contribution in [3.8, 4) is 0 Å². The molecule has 19 heavy (non-hydrogen) atoms. The molecule has 0 radical (unpaired) electrons. The molecule has 0 saturated carbocycles. The van der Waals surface area contributed by atoms with E-state index < -0.39 is 0 Å². The number of carbonyl (C=O) groups excluding carboxylic acids is 1. The summed E-state index contributed by atoms with van der Waals surface area (Å²) in [5.41, 5.74) is 4.94. The van der Waals surface area contributed by atoms with E-state index >= 15 is 0 Å². The van der Waals surface area contributed by atoms with Crippen LogP contribution < -0.4 is 0 Å². The molecule has 2 aromatic rings. The Morgan fingerprint density at radius 1 is 1.00 bits per heavy atom. The molecule has 0 saturated heterocycles. The van der Waals surface area contributed by atoms with E-state index in [0.717, 1.165) is 37.9 Å². The number of aldehydes is 1. The van der Waals surface area contributed by atoms with Gasteiger partial charge in [-0.15, -0.1) is 0 Å². The van der Waals surface area contributed by atoms with Gasteiger partial charge in [-0.2, -0.15) is 0 Å². The standard InChI is InChI=1S/C17H17NO/c19-13-15-7-5-14(6-8-15)11-18-10-9-16-3-1-2-4-17(16)12-18/h1-8,13H,9-12H2. The van der Waals surface area contributed by atoms with Gasteiger partial charge in [0.2, 0.25) is 0 Å². The number of rotatable bonds is 3. The lowest BCUT2D eigenvalue weighted by Crippen LogP contribution is -2.29. The first kappa shape index (κ1) is 12.1. The van der Waals surface area contributed by atoms with Crippen molar-refractivity contribution in [3.63, 3.8) is 0 Å². The smallest absolute Gasteiger partial charge is 0.150 e. The third kappa shape index (κ3) is 2.74. The molecule has 0 spiro atoms. The second-order valence-corrected chi connectivity index (χ2v) is 5.09. The normalized spacial score (nSPS) is 14.9. The minimum Gasteiger partial charge on any atom is -0.298 e. The molecule has 3 rings (SSSR count). The molecule has 0 amide bonds. The summed E-state index contributed by atoms with van der Waals surface area (Å²) >= 11 is 0. The second-order valence-electron chi connectivity index (χ2n) is 5.09. The maximum atomic E-state index is 10.6. The van der Waals surface area contributed by atoms with Gasteiger partial charge in [-0.1, -0.05) is 48.5 Å². The van der Waals surface area contributed by atoms with E-state index in [4.69, 9.17) is 0 Å². The van der Waals surface area contributed by atoms with Gasteiger partial charge >= 0.3 is 0 Å². The first-order chi connectivity index (χ1) is 9.35. The van der Waals surface area contributed by atoms with Crippen LogP contribution >= 0.6 is 0 Å². The molecule has 96 valence electrons. The monoisotopic (exact) mass is 251 g/mol. The van der Waals surface area contributed by atoms with Crippen LogP contribution in [0.4, 0.5) is 0 Å². The summed E-state index contributed by atoms with van der Waals surface area (Å²) in [6, 6.07) is 16.5. The molecule has 0 aromatic heterocycles. The lowest BCUT2D eigenvalue weighted by Gasteiger charge is -2.28. The lowest BCUT2D eigenvalue weighted by molar-refractivity contribution is 0.112. The highest BCUT2D eigenvalue weighted by Crippen LogP contribution is 2.20. The van der Waals surface area contributed by atoms with Crippen molar-refractivity contribution < 1.29 is 4.79 Å². The van der Waals surface area contributed by atoms with Crippen LogP contribution in [0, 0.1) is 0 Å². The van der Waals surface area contributed by atoms with Crippen LogP contribution in [0.3, 0.4) is 0 Å². The number of fused-ring (bicyclic) bond motifs is 1. The predicted molar refractivity (Wildman–Crippen MR) is 76.1 cm³/mol. The Bertz CT molecular complexity index is 574. The molecule has 0 atom stereocenters. The van der Waals surface area contributed by atoms with Gasteiger partial charge in [0, 0.05) is 25.2 Å². The van der Waals surface area contributed by atoms with E-state index in [2.05, 4.69) is 29.2 Å². The van der Waals surface area contributed by atoms with E-state index in [1.807, 2.05) is 24.3 Å². The van der Waals surface area contributed by atoms with Crippen molar-refractivity contribution in [2.45, 2.75) is 19.5 Å². The highest BCUT2D eigenvalue weighted by Gasteiger charge is 2.15. The zero-order valence-electron chi connectivity index (χ0n) is 10.9. The zero-order chi connectivity index (χ0) is 13.1. The van der Waals surface area contributed by atoms with Gasteiger partial charge in [0.05, 0.1) is 0 Å². The summed E-state index contributed by atoms with van der Waals surface area (Å²) in [5, 5.41) is 0. The highest BCUT2D eigenvalue weighted by molar-refractivity contribution is 5.74. The lowest BCUT2D eigenvalue weighted by atomic mass is 9.99. The molecule has 0 fully saturated rings. The molecular formula is C17H17NO. The van der Waals surface area contributed by atoms with E-state index in [1.54, 1.807) is 0 Å². The van der Waals surface area contributed by atoms with Crippen LogP contribution in [-0.4, -0.2) is 17.7 Å².